The van der Waals surface area contributed by atoms with E-state index in [9.17, 15) is 29.0 Å². The molecular formula is C16H16FNO5. The molecule has 7 heteroatoms. The third-order valence-electron chi connectivity index (χ3n) is 4.89. The van der Waals surface area contributed by atoms with E-state index in [1.807, 2.05) is 0 Å². The number of carboxylic acid groups (broad SMARTS) is 1. The number of rotatable bonds is 3. The summed E-state index contributed by atoms with van der Waals surface area (Å²) in [4.78, 5) is 37.9. The average Bonchev–Trinajstić information content (AvgIpc) is 2.93. The van der Waals surface area contributed by atoms with Gasteiger partial charge >= 0.3 is 5.97 Å². The van der Waals surface area contributed by atoms with Gasteiger partial charge in [-0.25, -0.2) is 9.18 Å². The molecule has 0 aromatic heterocycles. The highest BCUT2D eigenvalue weighted by atomic mass is 19.1. The highest BCUT2D eigenvalue weighted by Gasteiger charge is 2.65. The molecule has 0 bridgehead atoms. The molecule has 1 fully saturated rings. The number of fused-ring (bicyclic) bond motifs is 1. The van der Waals surface area contributed by atoms with Crippen molar-refractivity contribution in [1.29, 1.82) is 0 Å². The van der Waals surface area contributed by atoms with Crippen LogP contribution in [0.15, 0.2) is 24.3 Å². The molecule has 1 saturated carbocycles. The second-order valence-electron chi connectivity index (χ2n) is 5.95. The number of carbonyl (C=O) groups is 3. The normalized spacial score (nSPS) is 33.2. The van der Waals surface area contributed by atoms with E-state index in [-0.39, 0.29) is 17.5 Å². The van der Waals surface area contributed by atoms with Gasteiger partial charge in [-0.15, -0.1) is 0 Å². The molecule has 0 saturated heterocycles. The van der Waals surface area contributed by atoms with Gasteiger partial charge in [-0.05, 0) is 18.6 Å². The summed E-state index contributed by atoms with van der Waals surface area (Å²) in [6.45, 7) is 1.57. The van der Waals surface area contributed by atoms with Crippen molar-refractivity contribution in [3.05, 3.63) is 35.4 Å². The summed E-state index contributed by atoms with van der Waals surface area (Å²) in [5.74, 6) is -4.14. The van der Waals surface area contributed by atoms with Crippen LogP contribution in [-0.2, 0) is 4.79 Å². The van der Waals surface area contributed by atoms with Crippen molar-refractivity contribution in [3.8, 4) is 0 Å². The number of hydrogen-bond donors (Lipinski definition) is 2. The van der Waals surface area contributed by atoms with Crippen LogP contribution < -0.4 is 0 Å². The Kier molecular flexibility index (Phi) is 3.48. The average molecular weight is 321 g/mol. The number of hydrogen-bond acceptors (Lipinski definition) is 4. The SMILES string of the molecule is CCC1C(F)C(O)CC1(C(=O)O)N1C(=O)c2ccccc2C1=O. The Labute approximate surface area is 131 Å². The van der Waals surface area contributed by atoms with Gasteiger partial charge in [0.15, 0.2) is 5.54 Å². The van der Waals surface area contributed by atoms with Gasteiger partial charge in [0.05, 0.1) is 17.2 Å². The summed E-state index contributed by atoms with van der Waals surface area (Å²) in [7, 11) is 0. The van der Waals surface area contributed by atoms with Crippen LogP contribution in [0.4, 0.5) is 4.39 Å². The van der Waals surface area contributed by atoms with E-state index in [2.05, 4.69) is 0 Å². The first-order valence-electron chi connectivity index (χ1n) is 7.39. The van der Waals surface area contributed by atoms with Gasteiger partial charge in [-0.2, -0.15) is 0 Å². The van der Waals surface area contributed by atoms with E-state index in [1.165, 1.54) is 12.1 Å². The third-order valence-corrected chi connectivity index (χ3v) is 4.89. The molecule has 3 rings (SSSR count). The minimum absolute atomic E-state index is 0.0813. The highest BCUT2D eigenvalue weighted by molar-refractivity contribution is 6.23. The molecule has 4 unspecified atom stereocenters. The lowest BCUT2D eigenvalue weighted by molar-refractivity contribution is -0.151. The minimum atomic E-state index is -2.07. The number of imide groups is 1. The molecule has 4 atom stereocenters. The second-order valence-corrected chi connectivity index (χ2v) is 5.95. The fourth-order valence-electron chi connectivity index (χ4n) is 3.83. The van der Waals surface area contributed by atoms with Crippen molar-refractivity contribution >= 4 is 17.8 Å². The molecule has 1 aromatic carbocycles. The van der Waals surface area contributed by atoms with Crippen LogP contribution in [0.25, 0.3) is 0 Å². The van der Waals surface area contributed by atoms with Crippen molar-refractivity contribution in [2.45, 2.75) is 37.6 Å². The summed E-state index contributed by atoms with van der Waals surface area (Å²) < 4.78 is 14.3. The van der Waals surface area contributed by atoms with Crippen LogP contribution in [0.2, 0.25) is 0 Å². The van der Waals surface area contributed by atoms with Crippen LogP contribution in [0, 0.1) is 5.92 Å². The van der Waals surface area contributed by atoms with E-state index in [0.29, 0.717) is 4.90 Å². The highest BCUT2D eigenvalue weighted by Crippen LogP contribution is 2.47. The van der Waals surface area contributed by atoms with E-state index in [0.717, 1.165) is 0 Å². The Morgan fingerprint density at radius 1 is 1.30 bits per heavy atom. The van der Waals surface area contributed by atoms with Crippen molar-refractivity contribution in [2.24, 2.45) is 5.92 Å². The molecule has 6 nitrogen and oxygen atoms in total. The number of amides is 2. The fourth-order valence-corrected chi connectivity index (χ4v) is 3.83. The largest absolute Gasteiger partial charge is 0.479 e. The van der Waals surface area contributed by atoms with Crippen molar-refractivity contribution in [1.82, 2.24) is 4.90 Å². The smallest absolute Gasteiger partial charge is 0.330 e. The van der Waals surface area contributed by atoms with E-state index in [1.54, 1.807) is 19.1 Å². The first-order valence-corrected chi connectivity index (χ1v) is 7.39. The number of nitrogens with zero attached hydrogens (tertiary/aromatic N) is 1. The zero-order chi connectivity index (χ0) is 16.9. The number of aliphatic hydroxyl groups is 1. The zero-order valence-electron chi connectivity index (χ0n) is 12.4. The van der Waals surface area contributed by atoms with Crippen molar-refractivity contribution < 1.29 is 29.0 Å². The van der Waals surface area contributed by atoms with Crippen LogP contribution in [-0.4, -0.2) is 50.7 Å². The van der Waals surface area contributed by atoms with Gasteiger partial charge in [-0.3, -0.25) is 14.5 Å². The number of carbonyl (C=O) groups excluding carboxylic acids is 2. The lowest BCUT2D eigenvalue weighted by atomic mass is 9.82. The van der Waals surface area contributed by atoms with Gasteiger partial charge in [0.2, 0.25) is 0 Å². The van der Waals surface area contributed by atoms with Gasteiger partial charge in [0.1, 0.15) is 6.17 Å². The third kappa shape index (κ3) is 1.86. The Morgan fingerprint density at radius 2 is 1.83 bits per heavy atom. The lowest BCUT2D eigenvalue weighted by Gasteiger charge is -2.37. The summed E-state index contributed by atoms with van der Waals surface area (Å²) in [6.07, 6.45) is -3.76. The number of halogens is 1. The molecule has 1 aliphatic carbocycles. The van der Waals surface area contributed by atoms with E-state index in [4.69, 9.17) is 0 Å². The van der Waals surface area contributed by atoms with Gasteiger partial charge < -0.3 is 10.2 Å². The summed E-state index contributed by atoms with van der Waals surface area (Å²) in [5, 5.41) is 19.6. The predicted octanol–water partition coefficient (Wildman–Crippen LogP) is 1.23. The Hall–Kier alpha value is -2.28. The number of alkyl halides is 1. The maximum atomic E-state index is 14.3. The quantitative estimate of drug-likeness (QED) is 0.817. The van der Waals surface area contributed by atoms with Crippen LogP contribution >= 0.6 is 0 Å². The standard InChI is InChI=1S/C16H16FNO5/c1-2-10-12(17)11(19)7-16(10,15(22)23)18-13(20)8-5-3-4-6-9(8)14(18)21/h3-6,10-12,19H,2,7H2,1H3,(H,22,23). The van der Waals surface area contributed by atoms with Gasteiger partial charge in [0.25, 0.3) is 11.8 Å². The van der Waals surface area contributed by atoms with Crippen molar-refractivity contribution in [3.63, 3.8) is 0 Å². The molecule has 1 aromatic rings. The lowest BCUT2D eigenvalue weighted by Crippen LogP contribution is -2.60. The summed E-state index contributed by atoms with van der Waals surface area (Å²) in [6, 6.07) is 6.01. The first-order chi connectivity index (χ1) is 10.9. The number of aliphatic carboxylic acids is 1. The monoisotopic (exact) mass is 321 g/mol. The molecule has 1 heterocycles. The van der Waals surface area contributed by atoms with Crippen molar-refractivity contribution in [2.75, 3.05) is 0 Å². The molecule has 2 aliphatic rings. The maximum Gasteiger partial charge on any atom is 0.330 e. The molecule has 122 valence electrons. The number of aliphatic hydroxyl groups excluding tert-OH is 1. The van der Waals surface area contributed by atoms with Gasteiger partial charge in [-0.1, -0.05) is 19.1 Å². The Morgan fingerprint density at radius 3 is 2.26 bits per heavy atom. The molecular weight excluding hydrogens is 305 g/mol. The summed E-state index contributed by atoms with van der Waals surface area (Å²) >= 11 is 0. The van der Waals surface area contributed by atoms with Gasteiger partial charge in [0, 0.05) is 12.3 Å². The zero-order valence-corrected chi connectivity index (χ0v) is 12.4. The first kappa shape index (κ1) is 15.6. The molecule has 2 amide bonds. The topological polar surface area (TPSA) is 94.9 Å². The molecule has 0 spiro atoms. The van der Waals surface area contributed by atoms with E-state index >= 15 is 0 Å². The maximum absolute atomic E-state index is 14.3. The van der Waals surface area contributed by atoms with E-state index < -0.39 is 47.9 Å². The summed E-state index contributed by atoms with van der Waals surface area (Å²) in [5.41, 5.74) is -1.87. The Bertz CT molecular complexity index is 670. The molecule has 2 N–H and O–H groups in total. The Balaban J connectivity index is 2.17. The molecule has 23 heavy (non-hydrogen) atoms. The number of carboxylic acids is 1. The molecule has 0 radical (unpaired) electrons. The number of benzene rings is 1. The minimum Gasteiger partial charge on any atom is -0.479 e. The van der Waals surface area contributed by atoms with Crippen LogP contribution in [0.1, 0.15) is 40.5 Å². The van der Waals surface area contributed by atoms with Crippen LogP contribution in [0.3, 0.4) is 0 Å². The molecule has 1 aliphatic heterocycles. The predicted molar refractivity (Wildman–Crippen MR) is 76.6 cm³/mol. The fraction of sp³-hybridized carbons (Fsp3) is 0.438. The van der Waals surface area contributed by atoms with Crippen LogP contribution in [0.5, 0.6) is 0 Å². The second kappa shape index (κ2) is 5.13.